The van der Waals surface area contributed by atoms with Gasteiger partial charge in [0.05, 0.1) is 36.3 Å². The predicted octanol–water partition coefficient (Wildman–Crippen LogP) is 2.48. The Hall–Kier alpha value is -2.90. The Kier molecular flexibility index (Phi) is 5.67. The van der Waals surface area contributed by atoms with Crippen molar-refractivity contribution in [3.8, 4) is 11.5 Å². The number of fused-ring (bicyclic) bond motifs is 1. The Balaban J connectivity index is 1.93. The SMILES string of the molecule is Cc1ccc(Oc2ccc3nc(CNCC(N)=O)n(CC(C)(C)O)c3c2)cc1. The molecule has 0 fully saturated rings. The monoisotopic (exact) mass is 382 g/mol. The van der Waals surface area contributed by atoms with Crippen LogP contribution in [0.2, 0.25) is 0 Å². The second-order valence-electron chi connectivity index (χ2n) is 7.56. The maximum absolute atomic E-state index is 11.0. The number of carbonyl (C=O) groups is 1. The minimum Gasteiger partial charge on any atom is -0.457 e. The average Bonchev–Trinajstić information content (AvgIpc) is 2.92. The predicted molar refractivity (Wildman–Crippen MR) is 108 cm³/mol. The van der Waals surface area contributed by atoms with Crippen molar-refractivity contribution in [1.29, 1.82) is 0 Å². The third-order valence-corrected chi connectivity index (χ3v) is 4.18. The van der Waals surface area contributed by atoms with Crippen LogP contribution in [0.3, 0.4) is 0 Å². The molecule has 148 valence electrons. The number of carbonyl (C=O) groups excluding carboxylic acids is 1. The molecule has 0 radical (unpaired) electrons. The summed E-state index contributed by atoms with van der Waals surface area (Å²) in [5.74, 6) is 1.72. The maximum atomic E-state index is 11.0. The molecule has 4 N–H and O–H groups in total. The van der Waals surface area contributed by atoms with Gasteiger partial charge in [0.15, 0.2) is 0 Å². The number of hydrogen-bond acceptors (Lipinski definition) is 5. The van der Waals surface area contributed by atoms with Crippen molar-refractivity contribution in [2.75, 3.05) is 6.54 Å². The minimum atomic E-state index is -0.931. The van der Waals surface area contributed by atoms with E-state index in [0.29, 0.717) is 24.7 Å². The molecule has 0 spiro atoms. The Morgan fingerprint density at radius 2 is 1.89 bits per heavy atom. The van der Waals surface area contributed by atoms with Crippen LogP contribution in [-0.2, 0) is 17.9 Å². The molecule has 0 aliphatic carbocycles. The molecule has 7 nitrogen and oxygen atoms in total. The quantitative estimate of drug-likeness (QED) is 0.555. The molecule has 3 rings (SSSR count). The molecular formula is C21H26N4O3. The number of primary amides is 1. The van der Waals surface area contributed by atoms with E-state index in [9.17, 15) is 9.90 Å². The fraction of sp³-hybridized carbons (Fsp3) is 0.333. The molecule has 1 heterocycles. The van der Waals surface area contributed by atoms with Gasteiger partial charge in [0.2, 0.25) is 5.91 Å². The first-order valence-electron chi connectivity index (χ1n) is 9.16. The normalized spacial score (nSPS) is 11.7. The summed E-state index contributed by atoms with van der Waals surface area (Å²) < 4.78 is 7.90. The molecule has 0 saturated heterocycles. The van der Waals surface area contributed by atoms with Crippen molar-refractivity contribution in [2.24, 2.45) is 5.73 Å². The zero-order valence-electron chi connectivity index (χ0n) is 16.4. The molecule has 1 aromatic heterocycles. The van der Waals surface area contributed by atoms with E-state index in [0.717, 1.165) is 16.8 Å². The molecule has 0 aliphatic heterocycles. The average molecular weight is 382 g/mol. The van der Waals surface area contributed by atoms with Crippen LogP contribution in [0, 0.1) is 6.92 Å². The van der Waals surface area contributed by atoms with Crippen molar-refractivity contribution in [3.63, 3.8) is 0 Å². The van der Waals surface area contributed by atoms with Gasteiger partial charge in [-0.25, -0.2) is 4.98 Å². The largest absolute Gasteiger partial charge is 0.457 e. The summed E-state index contributed by atoms with van der Waals surface area (Å²) in [5, 5.41) is 13.3. The lowest BCUT2D eigenvalue weighted by Crippen LogP contribution is -2.31. The highest BCUT2D eigenvalue weighted by molar-refractivity contribution is 5.78. The van der Waals surface area contributed by atoms with E-state index in [1.54, 1.807) is 13.8 Å². The van der Waals surface area contributed by atoms with E-state index in [4.69, 9.17) is 10.5 Å². The number of amides is 1. The number of nitrogens with two attached hydrogens (primary N) is 1. The lowest BCUT2D eigenvalue weighted by atomic mass is 10.1. The number of aromatic nitrogens is 2. The number of aliphatic hydroxyl groups is 1. The van der Waals surface area contributed by atoms with Crippen molar-refractivity contribution in [3.05, 3.63) is 53.9 Å². The van der Waals surface area contributed by atoms with Gasteiger partial charge >= 0.3 is 0 Å². The van der Waals surface area contributed by atoms with Gasteiger partial charge in [-0.3, -0.25) is 4.79 Å². The lowest BCUT2D eigenvalue weighted by molar-refractivity contribution is -0.117. The van der Waals surface area contributed by atoms with Crippen LogP contribution in [-0.4, -0.2) is 32.7 Å². The van der Waals surface area contributed by atoms with Gasteiger partial charge < -0.3 is 25.5 Å². The molecule has 7 heteroatoms. The molecule has 0 atom stereocenters. The third-order valence-electron chi connectivity index (χ3n) is 4.18. The van der Waals surface area contributed by atoms with Crippen molar-refractivity contribution >= 4 is 16.9 Å². The zero-order chi connectivity index (χ0) is 20.3. The standard InChI is InChI=1S/C21H26N4O3/c1-14-4-6-15(7-5-14)28-16-8-9-17-18(10-16)25(13-21(2,3)27)20(24-17)12-23-11-19(22)26/h4-10,23,27H,11-13H2,1-3H3,(H2,22,26). The Morgan fingerprint density at radius 3 is 2.54 bits per heavy atom. The van der Waals surface area contributed by atoms with Crippen LogP contribution >= 0.6 is 0 Å². The van der Waals surface area contributed by atoms with E-state index < -0.39 is 11.5 Å². The number of benzene rings is 2. The summed E-state index contributed by atoms with van der Waals surface area (Å²) in [7, 11) is 0. The second-order valence-corrected chi connectivity index (χ2v) is 7.56. The number of hydrogen-bond donors (Lipinski definition) is 3. The summed E-state index contributed by atoms with van der Waals surface area (Å²) in [4.78, 5) is 15.6. The molecule has 0 bridgehead atoms. The van der Waals surface area contributed by atoms with Crippen LogP contribution in [0.4, 0.5) is 0 Å². The number of nitrogens with one attached hydrogen (secondary N) is 1. The van der Waals surface area contributed by atoms with Crippen LogP contribution in [0.25, 0.3) is 11.0 Å². The first-order valence-corrected chi connectivity index (χ1v) is 9.16. The topological polar surface area (TPSA) is 102 Å². The molecule has 0 unspecified atom stereocenters. The van der Waals surface area contributed by atoms with Gasteiger partial charge in [0.1, 0.15) is 17.3 Å². The Labute approximate surface area is 164 Å². The number of rotatable bonds is 8. The van der Waals surface area contributed by atoms with Crippen LogP contribution < -0.4 is 15.8 Å². The van der Waals surface area contributed by atoms with E-state index in [2.05, 4.69) is 10.3 Å². The summed E-state index contributed by atoms with van der Waals surface area (Å²) in [6.45, 7) is 6.29. The van der Waals surface area contributed by atoms with E-state index in [1.165, 1.54) is 5.56 Å². The number of aryl methyl sites for hydroxylation is 1. The summed E-state index contributed by atoms with van der Waals surface area (Å²) in [6, 6.07) is 13.5. The molecule has 0 aliphatic rings. The van der Waals surface area contributed by atoms with E-state index in [-0.39, 0.29) is 6.54 Å². The smallest absolute Gasteiger partial charge is 0.231 e. The van der Waals surface area contributed by atoms with Gasteiger partial charge in [-0.2, -0.15) is 0 Å². The zero-order valence-corrected chi connectivity index (χ0v) is 16.4. The fourth-order valence-electron chi connectivity index (χ4n) is 2.95. The first-order chi connectivity index (χ1) is 13.2. The minimum absolute atomic E-state index is 0.0630. The molecular weight excluding hydrogens is 356 g/mol. The summed E-state index contributed by atoms with van der Waals surface area (Å²) in [6.07, 6.45) is 0. The Bertz CT molecular complexity index is 972. The van der Waals surface area contributed by atoms with Gasteiger partial charge in [0, 0.05) is 6.07 Å². The van der Waals surface area contributed by atoms with E-state index >= 15 is 0 Å². The van der Waals surface area contributed by atoms with Crippen molar-refractivity contribution in [2.45, 2.75) is 39.5 Å². The van der Waals surface area contributed by atoms with Gasteiger partial charge in [-0.1, -0.05) is 17.7 Å². The van der Waals surface area contributed by atoms with Crippen molar-refractivity contribution < 1.29 is 14.6 Å². The van der Waals surface area contributed by atoms with Crippen LogP contribution in [0.15, 0.2) is 42.5 Å². The van der Waals surface area contributed by atoms with Gasteiger partial charge in [-0.15, -0.1) is 0 Å². The highest BCUT2D eigenvalue weighted by atomic mass is 16.5. The number of nitrogens with zero attached hydrogens (tertiary/aromatic N) is 2. The Morgan fingerprint density at radius 1 is 1.21 bits per heavy atom. The molecule has 2 aromatic carbocycles. The highest BCUT2D eigenvalue weighted by Crippen LogP contribution is 2.27. The second kappa shape index (κ2) is 8.00. The van der Waals surface area contributed by atoms with E-state index in [1.807, 2.05) is 54.0 Å². The van der Waals surface area contributed by atoms with Gasteiger partial charge in [-0.05, 0) is 45.0 Å². The highest BCUT2D eigenvalue weighted by Gasteiger charge is 2.19. The summed E-state index contributed by atoms with van der Waals surface area (Å²) in [5.41, 5.74) is 7.06. The molecule has 3 aromatic rings. The molecule has 0 saturated carbocycles. The number of ether oxygens (including phenoxy) is 1. The van der Waals surface area contributed by atoms with Crippen LogP contribution in [0.1, 0.15) is 25.2 Å². The number of imidazole rings is 1. The lowest BCUT2D eigenvalue weighted by Gasteiger charge is -2.20. The summed E-state index contributed by atoms with van der Waals surface area (Å²) >= 11 is 0. The molecule has 28 heavy (non-hydrogen) atoms. The third kappa shape index (κ3) is 5.09. The maximum Gasteiger partial charge on any atom is 0.231 e. The van der Waals surface area contributed by atoms with Crippen molar-refractivity contribution in [1.82, 2.24) is 14.9 Å². The fourth-order valence-corrected chi connectivity index (χ4v) is 2.95. The first kappa shape index (κ1) is 19.9. The van der Waals surface area contributed by atoms with Crippen LogP contribution in [0.5, 0.6) is 11.5 Å². The molecule has 1 amide bonds. The van der Waals surface area contributed by atoms with Gasteiger partial charge in [0.25, 0.3) is 0 Å².